The lowest BCUT2D eigenvalue weighted by Crippen LogP contribution is -2.40. The Bertz CT molecular complexity index is 2080. The van der Waals surface area contributed by atoms with Crippen LogP contribution in [0.15, 0.2) is 84.4 Å². The van der Waals surface area contributed by atoms with Gasteiger partial charge in [0.1, 0.15) is 11.8 Å². The van der Waals surface area contributed by atoms with Gasteiger partial charge in [0.15, 0.2) is 9.96 Å². The van der Waals surface area contributed by atoms with Crippen LogP contribution in [-0.4, -0.2) is 39.1 Å². The molecule has 0 saturated carbocycles. The van der Waals surface area contributed by atoms with Crippen molar-refractivity contribution in [1.82, 2.24) is 14.5 Å². The van der Waals surface area contributed by atoms with E-state index in [2.05, 4.69) is 9.97 Å². The number of nitrogens with zero attached hydrogens (tertiary/aromatic N) is 4. The van der Waals surface area contributed by atoms with Gasteiger partial charge >= 0.3 is 5.97 Å². The Kier molecular flexibility index (Phi) is 9.44. The van der Waals surface area contributed by atoms with Crippen LogP contribution < -0.4 is 25.2 Å². The third-order valence-corrected chi connectivity index (χ3v) is 8.83. The summed E-state index contributed by atoms with van der Waals surface area (Å²) in [5, 5.41) is 12.0. The molecule has 4 aromatic rings. The lowest BCUT2D eigenvalue weighted by molar-refractivity contribution is -0.384. The Balaban J connectivity index is 1.76. The summed E-state index contributed by atoms with van der Waals surface area (Å²) in [6.07, 6.45) is 2.72. The molecule has 1 N–H and O–H groups in total. The van der Waals surface area contributed by atoms with Crippen LogP contribution in [0.5, 0.6) is 5.75 Å². The number of nitro benzene ring substituents is 1. The first-order chi connectivity index (χ1) is 21.6. The van der Waals surface area contributed by atoms with Gasteiger partial charge in [0, 0.05) is 34.4 Å². The number of benzene rings is 2. The van der Waals surface area contributed by atoms with Crippen LogP contribution in [0.25, 0.3) is 6.08 Å². The van der Waals surface area contributed by atoms with Gasteiger partial charge in [-0.25, -0.2) is 14.8 Å². The number of para-hydroxylation sites is 1. The van der Waals surface area contributed by atoms with E-state index < -0.39 is 22.5 Å². The first-order valence-electron chi connectivity index (χ1n) is 14.0. The number of non-ortho nitro benzene ring substituents is 1. The zero-order chi connectivity index (χ0) is 32.2. The first-order valence-corrected chi connectivity index (χ1v) is 15.7. The summed E-state index contributed by atoms with van der Waals surface area (Å²) in [6, 6.07) is 11.9. The van der Waals surface area contributed by atoms with Crippen molar-refractivity contribution < 1.29 is 19.2 Å². The van der Waals surface area contributed by atoms with Crippen molar-refractivity contribution in [3.8, 4) is 5.75 Å². The Morgan fingerprint density at radius 1 is 1.20 bits per heavy atom. The molecule has 0 fully saturated rings. The number of aromatic amines is 1. The average Bonchev–Trinajstić information content (AvgIpc) is 3.31. The molecule has 45 heavy (non-hydrogen) atoms. The topological polar surface area (TPSA) is 159 Å². The van der Waals surface area contributed by atoms with Crippen molar-refractivity contribution >= 4 is 40.8 Å². The van der Waals surface area contributed by atoms with E-state index in [1.165, 1.54) is 29.9 Å². The maximum atomic E-state index is 14.2. The summed E-state index contributed by atoms with van der Waals surface area (Å²) in [5.74, 6) is -0.0967. The molecular formula is C31H29N5O7S2. The van der Waals surface area contributed by atoms with E-state index in [9.17, 15) is 24.5 Å². The minimum absolute atomic E-state index is 0.138. The number of aryl methyl sites for hydroxylation is 1. The maximum absolute atomic E-state index is 14.2. The molecule has 3 heterocycles. The van der Waals surface area contributed by atoms with Crippen LogP contribution in [0.1, 0.15) is 49.6 Å². The zero-order valence-electron chi connectivity index (χ0n) is 24.9. The molecule has 2 aromatic heterocycles. The first kappa shape index (κ1) is 31.6. The Hall–Kier alpha value is -4.82. The fourth-order valence-corrected chi connectivity index (χ4v) is 6.94. The fraction of sp³-hybridized carbons (Fsp3) is 0.258. The minimum atomic E-state index is -0.888. The van der Waals surface area contributed by atoms with Crippen LogP contribution in [0.3, 0.4) is 0 Å². The second kappa shape index (κ2) is 13.4. The summed E-state index contributed by atoms with van der Waals surface area (Å²) in [6.45, 7) is 5.50. The third kappa shape index (κ3) is 6.51. The number of fused-ring (bicyclic) bond motifs is 1. The molecule has 12 nitrogen and oxygen atoms in total. The number of rotatable bonds is 10. The largest absolute Gasteiger partial charge is 0.496 e. The number of methoxy groups -OCH3 is 1. The van der Waals surface area contributed by atoms with Crippen molar-refractivity contribution in [2.24, 2.45) is 4.99 Å². The number of ether oxygens (including phenoxy) is 2. The monoisotopic (exact) mass is 647 g/mol. The number of aromatic nitrogens is 3. The Morgan fingerprint density at radius 3 is 2.67 bits per heavy atom. The second-order valence-corrected chi connectivity index (χ2v) is 12.0. The van der Waals surface area contributed by atoms with Crippen molar-refractivity contribution in [2.75, 3.05) is 13.7 Å². The summed E-state index contributed by atoms with van der Waals surface area (Å²) < 4.78 is 12.8. The molecule has 1 aliphatic heterocycles. The van der Waals surface area contributed by atoms with Crippen LogP contribution >= 0.6 is 23.1 Å². The molecule has 14 heteroatoms. The molecular weight excluding hydrogens is 619 g/mol. The second-order valence-electron chi connectivity index (χ2n) is 9.93. The molecule has 5 rings (SSSR count). The number of esters is 1. The number of nitro groups is 1. The van der Waals surface area contributed by atoms with Gasteiger partial charge in [-0.15, -0.1) is 0 Å². The molecule has 0 bridgehead atoms. The molecule has 0 saturated heterocycles. The highest BCUT2D eigenvalue weighted by Gasteiger charge is 2.35. The number of allylic oxidation sites excluding steroid dienone is 1. The lowest BCUT2D eigenvalue weighted by Gasteiger charge is -2.26. The molecule has 1 atom stereocenters. The van der Waals surface area contributed by atoms with Crippen LogP contribution in [0.4, 0.5) is 5.69 Å². The number of thiazole rings is 1. The smallest absolute Gasteiger partial charge is 0.338 e. The van der Waals surface area contributed by atoms with Gasteiger partial charge < -0.3 is 14.5 Å². The molecule has 2 aromatic carbocycles. The predicted octanol–water partition coefficient (Wildman–Crippen LogP) is 4.04. The van der Waals surface area contributed by atoms with Crippen molar-refractivity contribution in [3.63, 3.8) is 0 Å². The summed E-state index contributed by atoms with van der Waals surface area (Å²) in [4.78, 5) is 63.6. The van der Waals surface area contributed by atoms with Gasteiger partial charge in [-0.05, 0) is 44.0 Å². The predicted molar refractivity (Wildman–Crippen MR) is 169 cm³/mol. The standard InChI is InChI=1S/C31H29N5O7S2/c1-5-9-21-26(29(39)43-6-2)27(20-10-7-8-11-22(20)42-4)35-28(38)24(45-31(35)33-21)16-18-15-19(36(40)41)12-13-23(18)44-30-32-17(3)14-25(37)34-30/h7-8,10-16,27H,5-6,9H2,1-4H3,(H,32,34,37)/b24-16+/t27-/m0/s1. The molecule has 232 valence electrons. The van der Waals surface area contributed by atoms with Crippen LogP contribution in [0, 0.1) is 17.0 Å². The highest BCUT2D eigenvalue weighted by molar-refractivity contribution is 7.99. The van der Waals surface area contributed by atoms with E-state index in [1.54, 1.807) is 50.3 Å². The number of hydrogen-bond donors (Lipinski definition) is 1. The van der Waals surface area contributed by atoms with Gasteiger partial charge in [-0.2, -0.15) is 0 Å². The van der Waals surface area contributed by atoms with E-state index in [0.29, 0.717) is 56.0 Å². The summed E-state index contributed by atoms with van der Waals surface area (Å²) in [5.41, 5.74) is 1.27. The summed E-state index contributed by atoms with van der Waals surface area (Å²) in [7, 11) is 1.51. The summed E-state index contributed by atoms with van der Waals surface area (Å²) >= 11 is 2.22. The van der Waals surface area contributed by atoms with Crippen LogP contribution in [-0.2, 0) is 9.53 Å². The number of H-pyrrole nitrogens is 1. The Morgan fingerprint density at radius 2 is 1.98 bits per heavy atom. The van der Waals surface area contributed by atoms with Crippen molar-refractivity contribution in [2.45, 2.75) is 49.7 Å². The zero-order valence-corrected chi connectivity index (χ0v) is 26.5. The molecule has 0 aliphatic carbocycles. The quantitative estimate of drug-likeness (QED) is 0.116. The third-order valence-electron chi connectivity index (χ3n) is 6.87. The molecule has 1 aliphatic rings. The fourth-order valence-electron chi connectivity index (χ4n) is 5.01. The highest BCUT2D eigenvalue weighted by atomic mass is 32.2. The molecule has 0 spiro atoms. The lowest BCUT2D eigenvalue weighted by atomic mass is 9.93. The molecule has 0 amide bonds. The van der Waals surface area contributed by atoms with E-state index >= 15 is 0 Å². The number of carbonyl (C=O) groups excluding carboxylic acids is 1. The SMILES string of the molecule is CCCC1=C(C(=O)OCC)[C@H](c2ccccc2OC)n2c(s/c(=C/c3cc([N+](=O)[O-])ccc3Sc3nc(C)cc(=O)[nH]3)c2=O)=N1. The van der Waals surface area contributed by atoms with Gasteiger partial charge in [0.05, 0.1) is 34.4 Å². The van der Waals surface area contributed by atoms with E-state index in [4.69, 9.17) is 14.5 Å². The van der Waals surface area contributed by atoms with Crippen molar-refractivity contribution in [1.29, 1.82) is 0 Å². The molecule has 0 unspecified atom stereocenters. The van der Waals surface area contributed by atoms with E-state index in [0.717, 1.165) is 23.1 Å². The normalized spacial score (nSPS) is 14.6. The number of hydrogen-bond acceptors (Lipinski definition) is 11. The van der Waals surface area contributed by atoms with E-state index in [1.807, 2.05) is 6.92 Å². The van der Waals surface area contributed by atoms with Gasteiger partial charge in [-0.3, -0.25) is 24.3 Å². The van der Waals surface area contributed by atoms with E-state index in [-0.39, 0.29) is 28.0 Å². The highest BCUT2D eigenvalue weighted by Crippen LogP contribution is 2.37. The van der Waals surface area contributed by atoms with Crippen molar-refractivity contribution in [3.05, 3.63) is 117 Å². The van der Waals surface area contributed by atoms with Gasteiger partial charge in [0.25, 0.3) is 16.8 Å². The number of nitrogens with one attached hydrogen (secondary N) is 1. The van der Waals surface area contributed by atoms with Gasteiger partial charge in [-0.1, -0.05) is 54.6 Å². The average molecular weight is 648 g/mol. The Labute approximate surface area is 264 Å². The van der Waals surface area contributed by atoms with Crippen LogP contribution in [0.2, 0.25) is 0 Å². The number of carbonyl (C=O) groups is 1. The molecule has 0 radical (unpaired) electrons. The van der Waals surface area contributed by atoms with Gasteiger partial charge in [0.2, 0.25) is 0 Å². The minimum Gasteiger partial charge on any atom is -0.496 e. The maximum Gasteiger partial charge on any atom is 0.338 e.